The van der Waals surface area contributed by atoms with E-state index < -0.39 is 40.9 Å². The van der Waals surface area contributed by atoms with Crippen molar-refractivity contribution >= 4 is 63.6 Å². The van der Waals surface area contributed by atoms with E-state index in [4.69, 9.17) is 10.8 Å². The van der Waals surface area contributed by atoms with Gasteiger partial charge in [0.1, 0.15) is 17.1 Å². The molecular formula is C31H28N7NaO8S2. The largest absolute Gasteiger partial charge is 1.00 e. The number of hydrogen-bond acceptors (Lipinski definition) is 12. The summed E-state index contributed by atoms with van der Waals surface area (Å²) in [6.07, 6.45) is 5.63. The van der Waals surface area contributed by atoms with Gasteiger partial charge in [0.15, 0.2) is 29.8 Å². The Hall–Kier alpha value is -4.55. The van der Waals surface area contributed by atoms with E-state index in [-0.39, 0.29) is 70.3 Å². The zero-order valence-electron chi connectivity index (χ0n) is 26.9. The Morgan fingerprint density at radius 3 is 2.49 bits per heavy atom. The molecule has 2 aromatic heterocycles. The Balaban J connectivity index is 0.00000281. The summed E-state index contributed by atoms with van der Waals surface area (Å²) in [6.45, 7) is 1.30. The van der Waals surface area contributed by atoms with Crippen LogP contribution in [0.5, 0.6) is 0 Å². The number of fused-ring (bicyclic) bond motifs is 1. The molecule has 0 radical (unpaired) electrons. The molecule has 0 aliphatic carbocycles. The summed E-state index contributed by atoms with van der Waals surface area (Å²) >= 11 is 2.25. The van der Waals surface area contributed by atoms with Gasteiger partial charge in [-0.05, 0) is 35.8 Å². The fraction of sp³-hybridized carbons (Fsp3) is 0.226. The summed E-state index contributed by atoms with van der Waals surface area (Å²) < 4.78 is 1.93. The summed E-state index contributed by atoms with van der Waals surface area (Å²) in [5.41, 5.74) is 7.51. The van der Waals surface area contributed by atoms with Crippen LogP contribution in [0.4, 0.5) is 5.13 Å². The van der Waals surface area contributed by atoms with Crippen LogP contribution in [0.15, 0.2) is 82.2 Å². The summed E-state index contributed by atoms with van der Waals surface area (Å²) in [5, 5.41) is 36.9. The zero-order chi connectivity index (χ0) is 34.1. The number of carbonyl (C=O) groups is 5. The third kappa shape index (κ3) is 7.40. The van der Waals surface area contributed by atoms with Crippen LogP contribution in [0.2, 0.25) is 0 Å². The maximum absolute atomic E-state index is 13.3. The van der Waals surface area contributed by atoms with Gasteiger partial charge < -0.3 is 37.6 Å². The van der Waals surface area contributed by atoms with Gasteiger partial charge in [0.25, 0.3) is 11.8 Å². The van der Waals surface area contributed by atoms with Crippen molar-refractivity contribution in [3.63, 3.8) is 0 Å². The van der Waals surface area contributed by atoms with E-state index in [0.29, 0.717) is 31.6 Å². The first-order valence-corrected chi connectivity index (χ1v) is 16.4. The number of carboxylic acid groups (broad SMARTS) is 2. The zero-order valence-corrected chi connectivity index (χ0v) is 29.6. The van der Waals surface area contributed by atoms with Crippen LogP contribution in [0, 0.1) is 0 Å². The summed E-state index contributed by atoms with van der Waals surface area (Å²) in [5.74, 6) is -4.25. The van der Waals surface area contributed by atoms with Crippen molar-refractivity contribution in [2.75, 3.05) is 18.0 Å². The molecule has 3 amide bonds. The summed E-state index contributed by atoms with van der Waals surface area (Å²) in [4.78, 5) is 69.1. The minimum atomic E-state index is -1.58. The number of anilines is 1. The van der Waals surface area contributed by atoms with Crippen LogP contribution in [-0.4, -0.2) is 84.2 Å². The van der Waals surface area contributed by atoms with Crippen molar-refractivity contribution in [1.82, 2.24) is 20.1 Å². The standard InChI is InChI=1S/C31H27N7O8S2.Na.H/c32-31-33-21(15-48-31)22(35-46)25(39)34-23-27(41)38-24(30(44)45)20(14-47-28(23)38)11-19-7-10-37(26(19)40)13-17-5-8-36(9-6-17)12-16-1-3-18(4-2-16)29(42)43;;/h1-6,8-9,11,15,23,28H,7,10,12-14H2,(H5-,32,33,34,39,42,43,44,45,46);;/q;+1;-1/t23-,28-;;/m1../s1. The predicted molar refractivity (Wildman–Crippen MR) is 170 cm³/mol. The molecule has 2 fully saturated rings. The number of benzene rings is 1. The first-order chi connectivity index (χ1) is 23.0. The number of aromatic nitrogens is 2. The van der Waals surface area contributed by atoms with Crippen molar-refractivity contribution in [3.8, 4) is 0 Å². The topological polar surface area (TPSA) is 223 Å². The molecule has 2 saturated heterocycles. The molecule has 18 heteroatoms. The van der Waals surface area contributed by atoms with Gasteiger partial charge in [-0.1, -0.05) is 17.3 Å². The predicted octanol–water partition coefficient (Wildman–Crippen LogP) is -3.18. The second-order valence-electron chi connectivity index (χ2n) is 11.1. The van der Waals surface area contributed by atoms with E-state index >= 15 is 0 Å². The van der Waals surface area contributed by atoms with Gasteiger partial charge in [-0.2, -0.15) is 0 Å². The van der Waals surface area contributed by atoms with Gasteiger partial charge in [0.05, 0.1) is 17.2 Å². The number of thiazole rings is 1. The first kappa shape index (κ1) is 35.7. The fourth-order valence-corrected chi connectivity index (χ4v) is 7.46. The minimum absolute atomic E-state index is 0. The van der Waals surface area contributed by atoms with Crippen LogP contribution in [0.25, 0.3) is 0 Å². The Morgan fingerprint density at radius 2 is 1.88 bits per heavy atom. The number of thioether (sulfide) groups is 1. The quantitative estimate of drug-likeness (QED) is 0.0312. The Labute approximate surface area is 310 Å². The molecule has 0 unspecified atom stereocenters. The second-order valence-corrected chi connectivity index (χ2v) is 13.1. The monoisotopic (exact) mass is 713 g/mol. The number of rotatable bonds is 10. The maximum atomic E-state index is 13.3. The van der Waals surface area contributed by atoms with Crippen molar-refractivity contribution in [3.05, 3.63) is 99.5 Å². The Morgan fingerprint density at radius 1 is 1.16 bits per heavy atom. The van der Waals surface area contributed by atoms with Gasteiger partial charge in [-0.25, -0.2) is 14.3 Å². The van der Waals surface area contributed by atoms with Crippen molar-refractivity contribution in [2.45, 2.75) is 30.9 Å². The van der Waals surface area contributed by atoms with Crippen molar-refractivity contribution in [1.29, 1.82) is 0 Å². The van der Waals surface area contributed by atoms with Crippen LogP contribution >= 0.6 is 23.1 Å². The van der Waals surface area contributed by atoms with Crippen molar-refractivity contribution in [2.24, 2.45) is 5.16 Å². The average molecular weight is 714 g/mol. The van der Waals surface area contributed by atoms with Gasteiger partial charge in [0, 0.05) is 47.5 Å². The van der Waals surface area contributed by atoms with E-state index in [1.807, 2.05) is 29.1 Å². The van der Waals surface area contributed by atoms with Crippen LogP contribution in [0.3, 0.4) is 0 Å². The first-order valence-electron chi connectivity index (χ1n) is 14.5. The molecule has 15 nitrogen and oxygen atoms in total. The molecular weight excluding hydrogens is 686 g/mol. The number of nitrogens with zero attached hydrogens (tertiary/aromatic N) is 5. The van der Waals surface area contributed by atoms with E-state index in [2.05, 4.69) is 15.5 Å². The molecule has 0 spiro atoms. The van der Waals surface area contributed by atoms with E-state index in [1.54, 1.807) is 29.2 Å². The normalized spacial score (nSPS) is 19.8. The fourth-order valence-electron chi connectivity index (χ4n) is 5.61. The smallest absolute Gasteiger partial charge is 1.00 e. The van der Waals surface area contributed by atoms with Gasteiger partial charge in [-0.15, -0.1) is 23.1 Å². The number of aliphatic carboxylic acids is 1. The molecule has 1 aromatic carbocycles. The number of nitrogens with one attached hydrogen (secondary N) is 1. The molecule has 3 aliphatic rings. The Bertz CT molecular complexity index is 1930. The molecule has 5 N–H and O–H groups in total. The summed E-state index contributed by atoms with van der Waals surface area (Å²) in [7, 11) is 0. The van der Waals surface area contributed by atoms with Crippen LogP contribution in [-0.2, 0) is 32.3 Å². The number of carbonyl (C=O) groups excluding carboxylic acids is 4. The molecule has 3 aromatic rings. The minimum Gasteiger partial charge on any atom is -1.00 e. The second kappa shape index (κ2) is 14.9. The maximum Gasteiger partial charge on any atom is 1.00 e. The van der Waals surface area contributed by atoms with Crippen molar-refractivity contribution < 1.29 is 74.9 Å². The molecule has 248 valence electrons. The molecule has 49 heavy (non-hydrogen) atoms. The number of nitrogens with two attached hydrogens (primary N) is 1. The molecule has 2 atom stereocenters. The van der Waals surface area contributed by atoms with Gasteiger partial charge >= 0.3 is 35.5 Å². The number of amides is 3. The molecule has 0 saturated carbocycles. The number of hydrogen-bond donors (Lipinski definition) is 4. The number of allylic oxidation sites excluding steroid dienone is 1. The van der Waals surface area contributed by atoms with Gasteiger partial charge in [-0.3, -0.25) is 19.3 Å². The number of oxime groups is 1. The number of β-lactam (4-membered cyclic amide) rings is 1. The van der Waals surface area contributed by atoms with Gasteiger partial charge in [0.2, 0.25) is 5.91 Å². The number of aromatic carboxylic acids is 1. The summed E-state index contributed by atoms with van der Waals surface area (Å²) in [6, 6.07) is 9.31. The van der Waals surface area contributed by atoms with E-state index in [0.717, 1.165) is 27.4 Å². The third-order valence-electron chi connectivity index (χ3n) is 8.02. The number of carboxylic acids is 2. The molecule has 6 rings (SSSR count). The van der Waals surface area contributed by atoms with E-state index in [1.165, 1.54) is 23.2 Å². The van der Waals surface area contributed by atoms with E-state index in [9.17, 15) is 34.3 Å². The SMILES string of the molecule is Nc1nc(/C(=N/O)C(=O)N[C@@H]2C(=O)N3C(C(=O)[O-])=C(C=C4CCN(Cc5cc[n+](Cc6ccc(C(=O)O)cc6)cc5)C4=O)CS[C@H]23)cs1.[H-].[Na+]. The number of pyridine rings is 1. The number of nitrogen functional groups attached to an aromatic ring is 1. The van der Waals surface area contributed by atoms with Crippen LogP contribution in [0.1, 0.15) is 35.0 Å². The Kier molecular flexibility index (Phi) is 10.9. The molecule has 3 aliphatic heterocycles. The average Bonchev–Trinajstić information content (AvgIpc) is 3.65. The number of likely N-dealkylation sites (tertiary alicyclic amines) is 1. The van der Waals surface area contributed by atoms with Crippen LogP contribution < -0.4 is 50.3 Å². The molecule has 5 heterocycles. The molecule has 0 bridgehead atoms. The third-order valence-corrected chi connectivity index (χ3v) is 9.99.